The molecule has 26 heavy (non-hydrogen) atoms. The first-order valence-electron chi connectivity index (χ1n) is 9.91. The second kappa shape index (κ2) is 7.84. The summed E-state index contributed by atoms with van der Waals surface area (Å²) in [5.74, 6) is 0.733. The smallest absolute Gasteiger partial charge is 0.0920 e. The minimum atomic E-state index is -0.654. The van der Waals surface area contributed by atoms with E-state index in [0.29, 0.717) is 6.04 Å². The van der Waals surface area contributed by atoms with E-state index in [1.807, 2.05) is 12.1 Å². The Hall–Kier alpha value is -1.16. The highest BCUT2D eigenvalue weighted by Crippen LogP contribution is 2.38. The first kappa shape index (κ1) is 18.2. The summed E-state index contributed by atoms with van der Waals surface area (Å²) in [6.45, 7) is 2.01. The Morgan fingerprint density at radius 2 is 1.46 bits per heavy atom. The highest BCUT2D eigenvalue weighted by molar-refractivity contribution is 9.10. The second-order valence-corrected chi connectivity index (χ2v) is 8.91. The van der Waals surface area contributed by atoms with E-state index in [0.717, 1.165) is 41.9 Å². The number of halogens is 1. The summed E-state index contributed by atoms with van der Waals surface area (Å²) < 4.78 is 1.07. The van der Waals surface area contributed by atoms with E-state index in [9.17, 15) is 5.11 Å². The van der Waals surface area contributed by atoms with Gasteiger partial charge in [-0.25, -0.2) is 0 Å². The van der Waals surface area contributed by atoms with Crippen molar-refractivity contribution in [2.24, 2.45) is 0 Å². The van der Waals surface area contributed by atoms with Crippen LogP contribution in [-0.2, 0) is 5.60 Å². The van der Waals surface area contributed by atoms with Gasteiger partial charge in [-0.3, -0.25) is 0 Å². The molecule has 138 valence electrons. The molecule has 0 amide bonds. The van der Waals surface area contributed by atoms with Crippen molar-refractivity contribution in [3.8, 4) is 0 Å². The molecule has 1 heterocycles. The highest BCUT2D eigenvalue weighted by atomic mass is 79.9. The zero-order valence-electron chi connectivity index (χ0n) is 15.3. The normalized spacial score (nSPS) is 26.5. The Morgan fingerprint density at radius 3 is 2.08 bits per heavy atom. The zero-order chi connectivity index (χ0) is 18.0. The standard InChI is InChI=1S/C23H28BrNO/c24-21-10-8-20(9-11-21)23(26)14-16-25(17-15-23)22-12-6-19(7-13-22)18-4-2-1-3-5-18/h1-5,8-11,19,22,26H,6-7,12-17H2. The second-order valence-electron chi connectivity index (χ2n) is 7.99. The van der Waals surface area contributed by atoms with Gasteiger partial charge in [-0.15, -0.1) is 0 Å². The Bertz CT molecular complexity index is 699. The molecule has 1 saturated carbocycles. The molecule has 0 spiro atoms. The van der Waals surface area contributed by atoms with Crippen LogP contribution in [0.2, 0.25) is 0 Å². The third kappa shape index (κ3) is 3.90. The van der Waals surface area contributed by atoms with Crippen molar-refractivity contribution in [3.63, 3.8) is 0 Å². The van der Waals surface area contributed by atoms with Crippen LogP contribution in [0, 0.1) is 0 Å². The topological polar surface area (TPSA) is 23.5 Å². The molecule has 0 bridgehead atoms. The van der Waals surface area contributed by atoms with Crippen molar-refractivity contribution in [2.75, 3.05) is 13.1 Å². The monoisotopic (exact) mass is 413 g/mol. The number of benzene rings is 2. The Kier molecular flexibility index (Phi) is 5.49. The van der Waals surface area contributed by atoms with Crippen molar-refractivity contribution in [3.05, 3.63) is 70.2 Å². The Balaban J connectivity index is 1.32. The number of piperidine rings is 1. The summed E-state index contributed by atoms with van der Waals surface area (Å²) in [5.41, 5.74) is 1.92. The third-order valence-corrected chi connectivity index (χ3v) is 7.02. The van der Waals surface area contributed by atoms with Crippen LogP contribution in [0.1, 0.15) is 55.6 Å². The van der Waals surface area contributed by atoms with Crippen LogP contribution in [0.15, 0.2) is 59.1 Å². The van der Waals surface area contributed by atoms with Gasteiger partial charge in [0.1, 0.15) is 0 Å². The molecule has 2 aliphatic rings. The minimum absolute atomic E-state index is 0.654. The first-order chi connectivity index (χ1) is 12.6. The highest BCUT2D eigenvalue weighted by Gasteiger charge is 2.37. The maximum absolute atomic E-state index is 11.1. The quantitative estimate of drug-likeness (QED) is 0.721. The molecule has 1 N–H and O–H groups in total. The lowest BCUT2D eigenvalue weighted by atomic mass is 9.79. The average Bonchev–Trinajstić information content (AvgIpc) is 2.70. The summed E-state index contributed by atoms with van der Waals surface area (Å²) >= 11 is 3.48. The van der Waals surface area contributed by atoms with E-state index in [-0.39, 0.29) is 0 Å². The van der Waals surface area contributed by atoms with Crippen molar-refractivity contribution in [2.45, 2.75) is 56.1 Å². The number of likely N-dealkylation sites (tertiary alicyclic amines) is 1. The molecule has 3 heteroatoms. The Labute approximate surface area is 165 Å². The molecule has 2 aromatic carbocycles. The minimum Gasteiger partial charge on any atom is -0.385 e. The number of hydrogen-bond acceptors (Lipinski definition) is 2. The molecule has 2 nitrogen and oxygen atoms in total. The lowest BCUT2D eigenvalue weighted by Gasteiger charge is -2.44. The van der Waals surface area contributed by atoms with Gasteiger partial charge in [0.2, 0.25) is 0 Å². The summed E-state index contributed by atoms with van der Waals surface area (Å²) in [4.78, 5) is 2.63. The molecular formula is C23H28BrNO. The maximum atomic E-state index is 11.1. The van der Waals surface area contributed by atoms with Crippen molar-refractivity contribution in [1.29, 1.82) is 0 Å². The lowest BCUT2D eigenvalue weighted by Crippen LogP contribution is -2.47. The van der Waals surface area contributed by atoms with Gasteiger partial charge in [-0.2, -0.15) is 0 Å². The van der Waals surface area contributed by atoms with E-state index in [4.69, 9.17) is 0 Å². The fourth-order valence-electron chi connectivity index (χ4n) is 4.81. The summed E-state index contributed by atoms with van der Waals surface area (Å²) in [6.07, 6.45) is 6.84. The van der Waals surface area contributed by atoms with Gasteiger partial charge in [-0.05, 0) is 67.7 Å². The summed E-state index contributed by atoms with van der Waals surface area (Å²) in [7, 11) is 0. The average molecular weight is 414 g/mol. The number of hydrogen-bond donors (Lipinski definition) is 1. The molecule has 1 aliphatic heterocycles. The molecule has 0 aromatic heterocycles. The number of aliphatic hydroxyl groups is 1. The molecule has 1 aliphatic carbocycles. The molecule has 4 rings (SSSR count). The number of nitrogens with zero attached hydrogens (tertiary/aromatic N) is 1. The van der Waals surface area contributed by atoms with Gasteiger partial charge in [0.05, 0.1) is 5.60 Å². The van der Waals surface area contributed by atoms with Crippen LogP contribution in [0.5, 0.6) is 0 Å². The molecule has 2 fully saturated rings. The van der Waals surface area contributed by atoms with E-state index in [1.54, 1.807) is 0 Å². The van der Waals surface area contributed by atoms with Gasteiger partial charge in [-0.1, -0.05) is 58.4 Å². The van der Waals surface area contributed by atoms with Crippen LogP contribution in [0.3, 0.4) is 0 Å². The predicted molar refractivity (Wildman–Crippen MR) is 110 cm³/mol. The molecule has 0 radical (unpaired) electrons. The van der Waals surface area contributed by atoms with Crippen molar-refractivity contribution >= 4 is 15.9 Å². The van der Waals surface area contributed by atoms with Gasteiger partial charge in [0.15, 0.2) is 0 Å². The lowest BCUT2D eigenvalue weighted by molar-refractivity contribution is -0.0397. The molecule has 0 unspecified atom stereocenters. The van der Waals surface area contributed by atoms with Crippen LogP contribution in [0.4, 0.5) is 0 Å². The predicted octanol–water partition coefficient (Wildman–Crippen LogP) is 5.46. The van der Waals surface area contributed by atoms with E-state index in [1.165, 1.54) is 31.2 Å². The van der Waals surface area contributed by atoms with E-state index < -0.39 is 5.60 Å². The summed E-state index contributed by atoms with van der Waals surface area (Å²) in [6, 6.07) is 19.9. The number of rotatable bonds is 3. The fraction of sp³-hybridized carbons (Fsp3) is 0.478. The van der Waals surface area contributed by atoms with Crippen LogP contribution in [-0.4, -0.2) is 29.1 Å². The van der Waals surface area contributed by atoms with E-state index in [2.05, 4.69) is 63.3 Å². The molecule has 1 saturated heterocycles. The maximum Gasteiger partial charge on any atom is 0.0920 e. The molecular weight excluding hydrogens is 386 g/mol. The van der Waals surface area contributed by atoms with Crippen LogP contribution >= 0.6 is 15.9 Å². The van der Waals surface area contributed by atoms with E-state index >= 15 is 0 Å². The Morgan fingerprint density at radius 1 is 0.846 bits per heavy atom. The van der Waals surface area contributed by atoms with Crippen LogP contribution in [0.25, 0.3) is 0 Å². The van der Waals surface area contributed by atoms with Crippen molar-refractivity contribution < 1.29 is 5.11 Å². The fourth-order valence-corrected chi connectivity index (χ4v) is 5.07. The van der Waals surface area contributed by atoms with Crippen molar-refractivity contribution in [1.82, 2.24) is 4.90 Å². The molecule has 2 aromatic rings. The van der Waals surface area contributed by atoms with Crippen LogP contribution < -0.4 is 0 Å². The van der Waals surface area contributed by atoms with Gasteiger partial charge < -0.3 is 10.0 Å². The third-order valence-electron chi connectivity index (χ3n) is 6.49. The SMILES string of the molecule is OC1(c2ccc(Br)cc2)CCN(C2CCC(c3ccccc3)CC2)CC1. The largest absolute Gasteiger partial charge is 0.385 e. The first-order valence-corrected chi connectivity index (χ1v) is 10.7. The summed E-state index contributed by atoms with van der Waals surface area (Å²) in [5, 5.41) is 11.1. The van der Waals surface area contributed by atoms with Gasteiger partial charge in [0, 0.05) is 23.6 Å². The molecule has 0 atom stereocenters. The van der Waals surface area contributed by atoms with Gasteiger partial charge in [0.25, 0.3) is 0 Å². The van der Waals surface area contributed by atoms with Gasteiger partial charge >= 0.3 is 0 Å². The zero-order valence-corrected chi connectivity index (χ0v) is 16.9.